The molecule has 2 aliphatic heterocycles. The molecule has 0 aliphatic carbocycles. The summed E-state index contributed by atoms with van der Waals surface area (Å²) in [6.07, 6.45) is 0.260. The molecule has 0 saturated heterocycles. The van der Waals surface area contributed by atoms with Gasteiger partial charge in [-0.05, 0) is 30.0 Å². The first-order valence-corrected chi connectivity index (χ1v) is 7.67. The van der Waals surface area contributed by atoms with Crippen molar-refractivity contribution in [1.29, 1.82) is 0 Å². The second-order valence-corrected chi connectivity index (χ2v) is 5.64. The third kappa shape index (κ3) is 2.95. The minimum absolute atomic E-state index is 0.0148. The molecule has 1 aromatic rings. The summed E-state index contributed by atoms with van der Waals surface area (Å²) >= 11 is 1.51. The second-order valence-electron chi connectivity index (χ2n) is 4.80. The van der Waals surface area contributed by atoms with Gasteiger partial charge < -0.3 is 9.64 Å². The first kappa shape index (κ1) is 14.1. The number of benzene rings is 1. The Labute approximate surface area is 126 Å². The van der Waals surface area contributed by atoms with E-state index < -0.39 is 0 Å². The first-order valence-electron chi connectivity index (χ1n) is 6.79. The predicted octanol–water partition coefficient (Wildman–Crippen LogP) is 3.08. The number of thioether (sulfide) groups is 1. The maximum absolute atomic E-state index is 13.0. The fraction of sp³-hybridized carbons (Fsp3) is 0.333. The van der Waals surface area contributed by atoms with Crippen LogP contribution < -0.4 is 0 Å². The number of nitrogens with zero attached hydrogens (tertiary/aromatic N) is 2. The fourth-order valence-electron chi connectivity index (χ4n) is 2.38. The normalized spacial score (nSPS) is 20.1. The van der Waals surface area contributed by atoms with Crippen molar-refractivity contribution in [2.75, 3.05) is 13.2 Å². The van der Waals surface area contributed by atoms with Crippen molar-refractivity contribution in [2.45, 2.75) is 19.4 Å². The van der Waals surface area contributed by atoms with Crippen LogP contribution in [0.15, 0.2) is 40.4 Å². The molecule has 0 saturated carbocycles. The molecule has 4 nitrogen and oxygen atoms in total. The number of rotatable bonds is 4. The third-order valence-electron chi connectivity index (χ3n) is 3.39. The van der Waals surface area contributed by atoms with Crippen molar-refractivity contribution in [2.24, 2.45) is 4.99 Å². The average Bonchev–Trinajstić information content (AvgIpc) is 3.02. The van der Waals surface area contributed by atoms with E-state index in [0.717, 1.165) is 16.4 Å². The highest BCUT2D eigenvalue weighted by Crippen LogP contribution is 2.37. The van der Waals surface area contributed by atoms with E-state index in [0.29, 0.717) is 13.2 Å². The number of hydrogen-bond acceptors (Lipinski definition) is 5. The molecular formula is C15H15FN2O2S. The number of ether oxygens (including phenoxy) is 1. The predicted molar refractivity (Wildman–Crippen MR) is 80.2 cm³/mol. The van der Waals surface area contributed by atoms with E-state index in [1.165, 1.54) is 23.9 Å². The number of amidine groups is 1. The van der Waals surface area contributed by atoms with Gasteiger partial charge in [0.2, 0.25) is 0 Å². The minimum Gasteiger partial charge on any atom is -0.466 e. The SMILES string of the molecule is CCOC(=O)CC1=CSC2=NC(c3ccc(F)cc3)CN12. The zero-order chi connectivity index (χ0) is 14.8. The molecule has 0 aromatic heterocycles. The zero-order valence-electron chi connectivity index (χ0n) is 11.6. The molecule has 1 atom stereocenters. The van der Waals surface area contributed by atoms with Crippen LogP contribution in [0.5, 0.6) is 0 Å². The molecule has 2 aliphatic rings. The number of esters is 1. The van der Waals surface area contributed by atoms with Crippen molar-refractivity contribution >= 4 is 22.9 Å². The number of hydrogen-bond donors (Lipinski definition) is 0. The molecule has 0 amide bonds. The maximum Gasteiger partial charge on any atom is 0.311 e. The summed E-state index contributed by atoms with van der Waals surface area (Å²) in [5.74, 6) is -0.474. The van der Waals surface area contributed by atoms with Crippen LogP contribution in [-0.4, -0.2) is 29.2 Å². The Morgan fingerprint density at radius 1 is 1.48 bits per heavy atom. The van der Waals surface area contributed by atoms with Gasteiger partial charge in [0.15, 0.2) is 5.17 Å². The molecule has 0 radical (unpaired) electrons. The summed E-state index contributed by atoms with van der Waals surface area (Å²) in [5, 5.41) is 2.83. The Morgan fingerprint density at radius 2 is 2.24 bits per heavy atom. The van der Waals surface area contributed by atoms with Gasteiger partial charge in [-0.2, -0.15) is 0 Å². The van der Waals surface area contributed by atoms with Crippen molar-refractivity contribution < 1.29 is 13.9 Å². The van der Waals surface area contributed by atoms with E-state index in [1.54, 1.807) is 19.1 Å². The molecule has 0 N–H and O–H groups in total. The summed E-state index contributed by atoms with van der Waals surface area (Å²) in [4.78, 5) is 18.3. The molecule has 1 aromatic carbocycles. The van der Waals surface area contributed by atoms with Crippen LogP contribution in [0.25, 0.3) is 0 Å². The topological polar surface area (TPSA) is 41.9 Å². The van der Waals surface area contributed by atoms with Crippen molar-refractivity contribution in [3.8, 4) is 0 Å². The van der Waals surface area contributed by atoms with Crippen LogP contribution in [0.3, 0.4) is 0 Å². The Bertz CT molecular complexity index is 613. The van der Waals surface area contributed by atoms with Gasteiger partial charge in [-0.15, -0.1) is 0 Å². The quantitative estimate of drug-likeness (QED) is 0.802. The Morgan fingerprint density at radius 3 is 2.95 bits per heavy atom. The molecule has 21 heavy (non-hydrogen) atoms. The van der Waals surface area contributed by atoms with Crippen LogP contribution in [-0.2, 0) is 9.53 Å². The summed E-state index contributed by atoms with van der Waals surface area (Å²) in [7, 11) is 0. The largest absolute Gasteiger partial charge is 0.466 e. The zero-order valence-corrected chi connectivity index (χ0v) is 12.4. The summed E-state index contributed by atoms with van der Waals surface area (Å²) < 4.78 is 18.0. The number of aliphatic imine (C=N–C) groups is 1. The van der Waals surface area contributed by atoms with Gasteiger partial charge >= 0.3 is 5.97 Å². The van der Waals surface area contributed by atoms with E-state index in [4.69, 9.17) is 4.74 Å². The maximum atomic E-state index is 13.0. The van der Waals surface area contributed by atoms with E-state index >= 15 is 0 Å². The Kier molecular flexibility index (Phi) is 3.96. The highest BCUT2D eigenvalue weighted by Gasteiger charge is 2.33. The molecule has 0 fully saturated rings. The smallest absolute Gasteiger partial charge is 0.311 e. The van der Waals surface area contributed by atoms with Crippen LogP contribution in [0.1, 0.15) is 24.9 Å². The average molecular weight is 306 g/mol. The molecule has 3 rings (SSSR count). The first-order chi connectivity index (χ1) is 10.2. The van der Waals surface area contributed by atoms with E-state index in [9.17, 15) is 9.18 Å². The van der Waals surface area contributed by atoms with Crippen molar-refractivity contribution in [3.05, 3.63) is 46.8 Å². The van der Waals surface area contributed by atoms with Gasteiger partial charge in [-0.1, -0.05) is 23.9 Å². The van der Waals surface area contributed by atoms with Gasteiger partial charge in [-0.3, -0.25) is 9.79 Å². The van der Waals surface area contributed by atoms with Crippen LogP contribution in [0.4, 0.5) is 4.39 Å². The summed E-state index contributed by atoms with van der Waals surface area (Å²) in [6.45, 7) is 2.86. The molecule has 6 heteroatoms. The third-order valence-corrected chi connectivity index (χ3v) is 4.31. The summed E-state index contributed by atoms with van der Waals surface area (Å²) in [5.41, 5.74) is 1.90. The summed E-state index contributed by atoms with van der Waals surface area (Å²) in [6, 6.07) is 6.39. The molecule has 1 unspecified atom stereocenters. The van der Waals surface area contributed by atoms with E-state index in [-0.39, 0.29) is 24.2 Å². The van der Waals surface area contributed by atoms with E-state index in [1.807, 2.05) is 10.3 Å². The number of carbonyl (C=O) groups excluding carboxylic acids is 1. The van der Waals surface area contributed by atoms with Crippen LogP contribution in [0.2, 0.25) is 0 Å². The molecule has 0 bridgehead atoms. The Hall–Kier alpha value is -1.82. The fourth-order valence-corrected chi connectivity index (χ4v) is 3.33. The minimum atomic E-state index is -0.248. The highest BCUT2D eigenvalue weighted by molar-refractivity contribution is 8.16. The monoisotopic (exact) mass is 306 g/mol. The lowest BCUT2D eigenvalue weighted by atomic mass is 10.1. The lowest BCUT2D eigenvalue weighted by molar-refractivity contribution is -0.142. The van der Waals surface area contributed by atoms with Crippen molar-refractivity contribution in [1.82, 2.24) is 4.90 Å². The van der Waals surface area contributed by atoms with Crippen LogP contribution in [0, 0.1) is 5.82 Å². The van der Waals surface area contributed by atoms with Gasteiger partial charge in [0.1, 0.15) is 5.82 Å². The highest BCUT2D eigenvalue weighted by atomic mass is 32.2. The number of carbonyl (C=O) groups is 1. The lowest BCUT2D eigenvalue weighted by Gasteiger charge is -2.17. The molecule has 0 spiro atoms. The van der Waals surface area contributed by atoms with Crippen molar-refractivity contribution in [3.63, 3.8) is 0 Å². The molecule has 110 valence electrons. The van der Waals surface area contributed by atoms with Gasteiger partial charge in [0, 0.05) is 5.70 Å². The van der Waals surface area contributed by atoms with Gasteiger partial charge in [-0.25, -0.2) is 4.39 Å². The van der Waals surface area contributed by atoms with Crippen LogP contribution >= 0.6 is 11.8 Å². The number of halogens is 1. The van der Waals surface area contributed by atoms with Gasteiger partial charge in [0.25, 0.3) is 0 Å². The molecule has 2 heterocycles. The molecular weight excluding hydrogens is 291 g/mol. The standard InChI is InChI=1S/C15H15FN2O2S/c1-2-20-14(19)7-12-9-21-15-17-13(8-18(12)15)10-3-5-11(16)6-4-10/h3-6,9,13H,2,7-8H2,1H3. The number of fused-ring (bicyclic) bond motifs is 1. The van der Waals surface area contributed by atoms with Gasteiger partial charge in [0.05, 0.1) is 25.6 Å². The van der Waals surface area contributed by atoms with E-state index in [2.05, 4.69) is 4.99 Å². The second kappa shape index (κ2) is 5.89. The Balaban J connectivity index is 1.68. The lowest BCUT2D eigenvalue weighted by Crippen LogP contribution is -2.23.